The maximum atomic E-state index is 12.6. The number of piperidine rings is 1. The number of carbonyl (C=O) groups excluding carboxylic acids is 1. The molecular formula is C18H26N2O5S. The lowest BCUT2D eigenvalue weighted by molar-refractivity contribution is -0.132. The summed E-state index contributed by atoms with van der Waals surface area (Å²) in [6.45, 7) is 3.22. The van der Waals surface area contributed by atoms with Gasteiger partial charge in [0, 0.05) is 25.6 Å². The molecule has 1 amide bonds. The molecule has 26 heavy (non-hydrogen) atoms. The number of nitrogens with one attached hydrogen (secondary N) is 1. The number of likely N-dealkylation sites (tertiary alicyclic amines) is 1. The van der Waals surface area contributed by atoms with Crippen LogP contribution in [0.3, 0.4) is 0 Å². The van der Waals surface area contributed by atoms with E-state index in [4.69, 9.17) is 9.47 Å². The molecule has 1 saturated heterocycles. The summed E-state index contributed by atoms with van der Waals surface area (Å²) >= 11 is 0. The summed E-state index contributed by atoms with van der Waals surface area (Å²) in [7, 11) is -1.61. The van der Waals surface area contributed by atoms with Gasteiger partial charge in [-0.1, -0.05) is 0 Å². The van der Waals surface area contributed by atoms with Crippen LogP contribution in [0.2, 0.25) is 0 Å². The number of nitrogens with zero attached hydrogens (tertiary/aromatic N) is 1. The molecule has 0 atom stereocenters. The van der Waals surface area contributed by atoms with Gasteiger partial charge in [0.15, 0.2) is 21.3 Å². The maximum absolute atomic E-state index is 12.6. The fourth-order valence-electron chi connectivity index (χ4n) is 3.39. The van der Waals surface area contributed by atoms with Crippen LogP contribution in [0.1, 0.15) is 19.3 Å². The lowest BCUT2D eigenvalue weighted by Gasteiger charge is -2.32. The van der Waals surface area contributed by atoms with Crippen LogP contribution in [0.4, 0.5) is 0 Å². The van der Waals surface area contributed by atoms with Crippen LogP contribution in [-0.2, 0) is 14.6 Å². The standard InChI is InChI=1S/C18H26N2O5S/c1-19-13-14-4-7-20(8-5-14)18(21)6-11-26(22,23)15-2-3-16-17(12-15)25-10-9-24-16/h2-3,12,14,19H,4-11,13H2,1H3. The van der Waals surface area contributed by atoms with Crippen LogP contribution < -0.4 is 14.8 Å². The summed E-state index contributed by atoms with van der Waals surface area (Å²) in [6, 6.07) is 4.60. The molecule has 2 aliphatic rings. The van der Waals surface area contributed by atoms with Crippen LogP contribution in [0, 0.1) is 5.92 Å². The van der Waals surface area contributed by atoms with E-state index in [0.717, 1.165) is 19.4 Å². The predicted molar refractivity (Wildman–Crippen MR) is 97.3 cm³/mol. The van der Waals surface area contributed by atoms with Gasteiger partial charge in [0.05, 0.1) is 10.6 Å². The molecule has 0 aromatic heterocycles. The molecule has 0 aliphatic carbocycles. The van der Waals surface area contributed by atoms with Crippen molar-refractivity contribution in [2.75, 3.05) is 45.6 Å². The highest BCUT2D eigenvalue weighted by Crippen LogP contribution is 2.32. The van der Waals surface area contributed by atoms with Crippen molar-refractivity contribution in [3.05, 3.63) is 18.2 Å². The number of hydrogen-bond acceptors (Lipinski definition) is 6. The Morgan fingerprint density at radius 2 is 1.88 bits per heavy atom. The van der Waals surface area contributed by atoms with Crippen LogP contribution in [-0.4, -0.2) is 64.9 Å². The first kappa shape index (κ1) is 19.0. The van der Waals surface area contributed by atoms with E-state index in [0.29, 0.717) is 43.7 Å². The van der Waals surface area contributed by atoms with Crippen molar-refractivity contribution in [2.45, 2.75) is 24.2 Å². The van der Waals surface area contributed by atoms with E-state index in [1.807, 2.05) is 7.05 Å². The molecule has 0 radical (unpaired) electrons. The van der Waals surface area contributed by atoms with E-state index in [1.165, 1.54) is 12.1 Å². The summed E-state index contributed by atoms with van der Waals surface area (Å²) in [5, 5.41) is 3.16. The average Bonchev–Trinajstić information content (AvgIpc) is 2.66. The number of sulfone groups is 1. The zero-order chi connectivity index (χ0) is 18.6. The SMILES string of the molecule is CNCC1CCN(C(=O)CCS(=O)(=O)c2ccc3c(c2)OCCO3)CC1. The van der Waals surface area contributed by atoms with E-state index in [-0.39, 0.29) is 23.0 Å². The minimum Gasteiger partial charge on any atom is -0.486 e. The molecule has 2 heterocycles. The first-order chi connectivity index (χ1) is 12.5. The third kappa shape index (κ3) is 4.48. The van der Waals surface area contributed by atoms with Gasteiger partial charge >= 0.3 is 0 Å². The molecule has 144 valence electrons. The molecule has 3 rings (SSSR count). The average molecular weight is 382 g/mol. The van der Waals surface area contributed by atoms with E-state index < -0.39 is 9.84 Å². The molecule has 2 aliphatic heterocycles. The van der Waals surface area contributed by atoms with Gasteiger partial charge in [-0.15, -0.1) is 0 Å². The molecule has 7 nitrogen and oxygen atoms in total. The Hall–Kier alpha value is -1.80. The molecule has 0 spiro atoms. The topological polar surface area (TPSA) is 84.9 Å². The summed E-state index contributed by atoms with van der Waals surface area (Å²) in [5.41, 5.74) is 0. The van der Waals surface area contributed by atoms with Crippen molar-refractivity contribution >= 4 is 15.7 Å². The fourth-order valence-corrected chi connectivity index (χ4v) is 4.63. The number of amides is 1. The van der Waals surface area contributed by atoms with Crippen LogP contribution >= 0.6 is 0 Å². The number of rotatable bonds is 6. The molecule has 1 fully saturated rings. The lowest BCUT2D eigenvalue weighted by atomic mass is 9.97. The second kappa shape index (κ2) is 8.26. The molecule has 0 bridgehead atoms. The second-order valence-electron chi connectivity index (χ2n) is 6.76. The fraction of sp³-hybridized carbons (Fsp3) is 0.611. The first-order valence-electron chi connectivity index (χ1n) is 9.04. The largest absolute Gasteiger partial charge is 0.486 e. The Labute approximate surface area is 154 Å². The molecule has 0 unspecified atom stereocenters. The molecule has 1 aromatic rings. The Morgan fingerprint density at radius 3 is 2.58 bits per heavy atom. The summed E-state index contributed by atoms with van der Waals surface area (Å²) in [6.07, 6.45) is 1.93. The summed E-state index contributed by atoms with van der Waals surface area (Å²) in [5.74, 6) is 1.30. The highest BCUT2D eigenvalue weighted by molar-refractivity contribution is 7.91. The van der Waals surface area contributed by atoms with Crippen LogP contribution in [0.5, 0.6) is 11.5 Å². The highest BCUT2D eigenvalue weighted by Gasteiger charge is 2.25. The third-order valence-electron chi connectivity index (χ3n) is 4.92. The molecule has 1 aromatic carbocycles. The molecule has 1 N–H and O–H groups in total. The predicted octanol–water partition coefficient (Wildman–Crippen LogP) is 1.08. The highest BCUT2D eigenvalue weighted by atomic mass is 32.2. The second-order valence-corrected chi connectivity index (χ2v) is 8.87. The van der Waals surface area contributed by atoms with E-state index in [2.05, 4.69) is 5.32 Å². The molecular weight excluding hydrogens is 356 g/mol. The number of ether oxygens (including phenoxy) is 2. The first-order valence-corrected chi connectivity index (χ1v) is 10.7. The van der Waals surface area contributed by atoms with E-state index in [9.17, 15) is 13.2 Å². The van der Waals surface area contributed by atoms with Crippen molar-refractivity contribution in [3.8, 4) is 11.5 Å². The lowest BCUT2D eigenvalue weighted by Crippen LogP contribution is -2.40. The zero-order valence-corrected chi connectivity index (χ0v) is 15.9. The van der Waals surface area contributed by atoms with Crippen molar-refractivity contribution in [2.24, 2.45) is 5.92 Å². The smallest absolute Gasteiger partial charge is 0.223 e. The van der Waals surface area contributed by atoms with Gasteiger partial charge in [-0.3, -0.25) is 4.79 Å². The van der Waals surface area contributed by atoms with Gasteiger partial charge in [0.1, 0.15) is 13.2 Å². The normalized spacial score (nSPS) is 18.0. The number of hydrogen-bond donors (Lipinski definition) is 1. The van der Waals surface area contributed by atoms with Gasteiger partial charge in [-0.05, 0) is 44.5 Å². The summed E-state index contributed by atoms with van der Waals surface area (Å²) < 4.78 is 36.0. The third-order valence-corrected chi connectivity index (χ3v) is 6.63. The van der Waals surface area contributed by atoms with Crippen LogP contribution in [0.25, 0.3) is 0 Å². The Morgan fingerprint density at radius 1 is 1.19 bits per heavy atom. The zero-order valence-electron chi connectivity index (χ0n) is 15.1. The minimum atomic E-state index is -3.54. The van der Waals surface area contributed by atoms with Crippen molar-refractivity contribution < 1.29 is 22.7 Å². The number of carbonyl (C=O) groups is 1. The molecule has 8 heteroatoms. The number of fused-ring (bicyclic) bond motifs is 1. The maximum Gasteiger partial charge on any atom is 0.223 e. The van der Waals surface area contributed by atoms with E-state index in [1.54, 1.807) is 11.0 Å². The Kier molecular flexibility index (Phi) is 6.03. The van der Waals surface area contributed by atoms with Crippen molar-refractivity contribution in [3.63, 3.8) is 0 Å². The van der Waals surface area contributed by atoms with Crippen LogP contribution in [0.15, 0.2) is 23.1 Å². The monoisotopic (exact) mass is 382 g/mol. The van der Waals surface area contributed by atoms with Gasteiger partial charge in [-0.2, -0.15) is 0 Å². The van der Waals surface area contributed by atoms with Gasteiger partial charge in [0.25, 0.3) is 0 Å². The van der Waals surface area contributed by atoms with Gasteiger partial charge in [-0.25, -0.2) is 8.42 Å². The minimum absolute atomic E-state index is 0.00741. The van der Waals surface area contributed by atoms with Gasteiger partial charge < -0.3 is 19.7 Å². The quantitative estimate of drug-likeness (QED) is 0.793. The van der Waals surface area contributed by atoms with Gasteiger partial charge in [0.2, 0.25) is 5.91 Å². The Balaban J connectivity index is 1.56. The van der Waals surface area contributed by atoms with Crippen molar-refractivity contribution in [1.29, 1.82) is 0 Å². The summed E-state index contributed by atoms with van der Waals surface area (Å²) in [4.78, 5) is 14.3. The van der Waals surface area contributed by atoms with Crippen molar-refractivity contribution in [1.82, 2.24) is 10.2 Å². The van der Waals surface area contributed by atoms with E-state index >= 15 is 0 Å². The molecule has 0 saturated carbocycles. The number of benzene rings is 1. The Bertz CT molecular complexity index is 742.